The minimum Gasteiger partial charge on any atom is -0.456 e. The van der Waals surface area contributed by atoms with Crippen LogP contribution in [0, 0.1) is 0 Å². The van der Waals surface area contributed by atoms with Gasteiger partial charge in [-0.2, -0.15) is 0 Å². The van der Waals surface area contributed by atoms with Crippen LogP contribution in [0.4, 0.5) is 0 Å². The van der Waals surface area contributed by atoms with E-state index in [2.05, 4.69) is 170 Å². The summed E-state index contributed by atoms with van der Waals surface area (Å²) in [4.78, 5) is 15.8. The zero-order chi connectivity index (χ0) is 37.7. The minimum atomic E-state index is 0.582. The Morgan fingerprint density at radius 2 is 0.667 bits per heavy atom. The van der Waals surface area contributed by atoms with Gasteiger partial charge in [-0.15, -0.1) is 0 Å². The van der Waals surface area contributed by atoms with E-state index in [0.717, 1.165) is 77.0 Å². The molecule has 0 amide bonds. The van der Waals surface area contributed by atoms with Gasteiger partial charge in [0.25, 0.3) is 0 Å². The van der Waals surface area contributed by atoms with Gasteiger partial charge in [-0.25, -0.2) is 15.0 Å². The fraction of sp³-hybridized carbons (Fsp3) is 0. The number of aromatic nitrogens is 3. The van der Waals surface area contributed by atoms with Gasteiger partial charge in [0.2, 0.25) is 0 Å². The molecule has 0 atom stereocenters. The second-order valence-electron chi connectivity index (χ2n) is 14.3. The number of hydrogen-bond donors (Lipinski definition) is 0. The summed E-state index contributed by atoms with van der Waals surface area (Å²) < 4.78 is 6.65. The summed E-state index contributed by atoms with van der Waals surface area (Å²) in [6.07, 6.45) is 0. The molecule has 0 N–H and O–H groups in total. The van der Waals surface area contributed by atoms with Crippen LogP contribution in [0.1, 0.15) is 0 Å². The molecule has 2 heterocycles. The Morgan fingerprint density at radius 1 is 0.263 bits per heavy atom. The van der Waals surface area contributed by atoms with Crippen LogP contribution < -0.4 is 0 Å². The molecule has 57 heavy (non-hydrogen) atoms. The summed E-state index contributed by atoms with van der Waals surface area (Å²) in [5, 5.41) is 6.55. The number of benzene rings is 9. The first-order chi connectivity index (χ1) is 28.3. The van der Waals surface area contributed by atoms with E-state index < -0.39 is 0 Å². The largest absolute Gasteiger partial charge is 0.456 e. The molecule has 2 aromatic heterocycles. The molecule has 0 bridgehead atoms. The van der Waals surface area contributed by atoms with E-state index in [1.54, 1.807) is 0 Å². The molecule has 0 aliphatic rings. The Morgan fingerprint density at radius 3 is 1.23 bits per heavy atom. The Labute approximate surface area is 329 Å². The normalized spacial score (nSPS) is 11.5. The van der Waals surface area contributed by atoms with E-state index in [9.17, 15) is 0 Å². The minimum absolute atomic E-state index is 0.582. The highest BCUT2D eigenvalue weighted by molar-refractivity contribution is 6.15. The molecule has 4 nitrogen and oxygen atoms in total. The van der Waals surface area contributed by atoms with Crippen molar-refractivity contribution in [2.75, 3.05) is 0 Å². The van der Waals surface area contributed by atoms with E-state index in [0.29, 0.717) is 17.5 Å². The number of nitrogens with zero attached hydrogens (tertiary/aromatic N) is 3. The van der Waals surface area contributed by atoms with E-state index in [1.165, 1.54) is 16.5 Å². The molecule has 0 radical (unpaired) electrons. The molecule has 0 unspecified atom stereocenters. The molecule has 4 heteroatoms. The van der Waals surface area contributed by atoms with Crippen molar-refractivity contribution in [1.82, 2.24) is 15.0 Å². The van der Waals surface area contributed by atoms with Crippen LogP contribution in [0.3, 0.4) is 0 Å². The molecule has 0 aliphatic heterocycles. The molecule has 0 saturated carbocycles. The van der Waals surface area contributed by atoms with Crippen molar-refractivity contribution in [3.63, 3.8) is 0 Å². The number of furan rings is 1. The van der Waals surface area contributed by atoms with Crippen molar-refractivity contribution in [2.45, 2.75) is 0 Å². The lowest BCUT2D eigenvalue weighted by atomic mass is 9.90. The second-order valence-corrected chi connectivity index (χ2v) is 14.3. The van der Waals surface area contributed by atoms with Crippen molar-refractivity contribution in [3.8, 4) is 67.5 Å². The predicted molar refractivity (Wildman–Crippen MR) is 235 cm³/mol. The van der Waals surface area contributed by atoms with Gasteiger partial charge in [0.05, 0.1) is 0 Å². The SMILES string of the molecule is c1ccc(-c2nc(-c3ccc(-c4ccccc4)c4ccccc34)nc(-c3cc(-c4ccc(-c5ccccc5)c5ccccc45)cc4oc5ccccc5c34)n2)cc1. The van der Waals surface area contributed by atoms with Gasteiger partial charge >= 0.3 is 0 Å². The van der Waals surface area contributed by atoms with Gasteiger partial charge < -0.3 is 4.42 Å². The van der Waals surface area contributed by atoms with Crippen LogP contribution in [0.5, 0.6) is 0 Å². The van der Waals surface area contributed by atoms with E-state index >= 15 is 0 Å². The van der Waals surface area contributed by atoms with Crippen molar-refractivity contribution in [3.05, 3.63) is 200 Å². The van der Waals surface area contributed by atoms with Gasteiger partial charge in [0.1, 0.15) is 11.2 Å². The summed E-state index contributed by atoms with van der Waals surface area (Å²) in [7, 11) is 0. The highest BCUT2D eigenvalue weighted by atomic mass is 16.3. The van der Waals surface area contributed by atoms with Crippen molar-refractivity contribution in [1.29, 1.82) is 0 Å². The Kier molecular flexibility index (Phi) is 7.78. The van der Waals surface area contributed by atoms with Crippen LogP contribution in [0.2, 0.25) is 0 Å². The monoisotopic (exact) mass is 727 g/mol. The predicted octanol–water partition coefficient (Wildman–Crippen LogP) is 14.1. The molecular weight excluding hydrogens is 695 g/mol. The highest BCUT2D eigenvalue weighted by Crippen LogP contribution is 2.43. The van der Waals surface area contributed by atoms with E-state index in [-0.39, 0.29) is 0 Å². The third-order valence-electron chi connectivity index (χ3n) is 11.0. The lowest BCUT2D eigenvalue weighted by Crippen LogP contribution is -2.01. The first-order valence-corrected chi connectivity index (χ1v) is 19.2. The first-order valence-electron chi connectivity index (χ1n) is 19.2. The van der Waals surface area contributed by atoms with Crippen molar-refractivity contribution in [2.24, 2.45) is 0 Å². The summed E-state index contributed by atoms with van der Waals surface area (Å²) in [5.74, 6) is 1.80. The fourth-order valence-corrected chi connectivity index (χ4v) is 8.30. The summed E-state index contributed by atoms with van der Waals surface area (Å²) in [5.41, 5.74) is 11.2. The third-order valence-corrected chi connectivity index (χ3v) is 11.0. The van der Waals surface area contributed by atoms with Gasteiger partial charge in [0.15, 0.2) is 17.5 Å². The molecule has 0 fully saturated rings. The molecule has 11 aromatic rings. The van der Waals surface area contributed by atoms with Crippen LogP contribution in [0.25, 0.3) is 111 Å². The lowest BCUT2D eigenvalue weighted by molar-refractivity contribution is 0.669. The summed E-state index contributed by atoms with van der Waals surface area (Å²) in [6.45, 7) is 0. The molecule has 266 valence electrons. The Bertz CT molecular complexity index is 3280. The maximum absolute atomic E-state index is 6.65. The molecule has 0 saturated heterocycles. The lowest BCUT2D eigenvalue weighted by Gasteiger charge is -2.15. The highest BCUT2D eigenvalue weighted by Gasteiger charge is 2.22. The third kappa shape index (κ3) is 5.66. The number of fused-ring (bicyclic) bond motifs is 5. The zero-order valence-corrected chi connectivity index (χ0v) is 30.8. The standard InChI is InChI=1S/C53H33N3O/c1-4-16-34(17-5-1)38-28-29-40(43-24-11-10-22-41(38)43)37-32-47(50-46-26-14-15-27-48(46)57-49(50)33-37)53-55-51(36-20-8-3-9-21-36)54-52(56-53)45-31-30-39(35-18-6-2-7-19-35)42-23-12-13-25-44(42)45/h1-33H. The van der Waals surface area contributed by atoms with Gasteiger partial charge in [0, 0.05) is 27.5 Å². The smallest absolute Gasteiger partial charge is 0.164 e. The molecule has 0 aliphatic carbocycles. The molecule has 11 rings (SSSR count). The zero-order valence-electron chi connectivity index (χ0n) is 30.8. The van der Waals surface area contributed by atoms with Crippen LogP contribution in [0.15, 0.2) is 205 Å². The second kappa shape index (κ2) is 13.6. The topological polar surface area (TPSA) is 51.8 Å². The van der Waals surface area contributed by atoms with Crippen LogP contribution in [-0.4, -0.2) is 15.0 Å². The maximum Gasteiger partial charge on any atom is 0.164 e. The molecular formula is C53H33N3O. The van der Waals surface area contributed by atoms with Crippen molar-refractivity contribution < 1.29 is 4.42 Å². The van der Waals surface area contributed by atoms with Gasteiger partial charge in [-0.3, -0.25) is 0 Å². The van der Waals surface area contributed by atoms with Gasteiger partial charge in [-0.1, -0.05) is 176 Å². The van der Waals surface area contributed by atoms with E-state index in [1.807, 2.05) is 30.3 Å². The van der Waals surface area contributed by atoms with E-state index in [4.69, 9.17) is 19.4 Å². The number of rotatable bonds is 6. The quantitative estimate of drug-likeness (QED) is 0.171. The average Bonchev–Trinajstić information content (AvgIpc) is 3.67. The van der Waals surface area contributed by atoms with Crippen LogP contribution >= 0.6 is 0 Å². The number of para-hydroxylation sites is 1. The van der Waals surface area contributed by atoms with Gasteiger partial charge in [-0.05, 0) is 79.2 Å². The molecule has 0 spiro atoms. The Balaban J connectivity index is 1.18. The summed E-state index contributed by atoms with van der Waals surface area (Å²) >= 11 is 0. The van der Waals surface area contributed by atoms with Crippen LogP contribution in [-0.2, 0) is 0 Å². The Hall–Kier alpha value is -7.69. The first kappa shape index (κ1) is 32.7. The molecule has 9 aromatic carbocycles. The fourth-order valence-electron chi connectivity index (χ4n) is 8.30. The maximum atomic E-state index is 6.65. The number of hydrogen-bond acceptors (Lipinski definition) is 4. The average molecular weight is 728 g/mol. The summed E-state index contributed by atoms with van der Waals surface area (Å²) in [6, 6.07) is 69.8. The van der Waals surface area contributed by atoms with Crippen molar-refractivity contribution >= 4 is 43.5 Å².